The van der Waals surface area contributed by atoms with Crippen LogP contribution in [0.3, 0.4) is 0 Å². The lowest BCUT2D eigenvalue weighted by Crippen LogP contribution is -2.34. The van der Waals surface area contributed by atoms with Crippen molar-refractivity contribution >= 4 is 22.6 Å². The van der Waals surface area contributed by atoms with E-state index in [1.54, 1.807) is 6.07 Å². The Morgan fingerprint density at radius 1 is 1.26 bits per heavy atom. The van der Waals surface area contributed by atoms with Gasteiger partial charge in [-0.25, -0.2) is 4.79 Å². The molecular weight excluding hydrogens is 292 g/mol. The lowest BCUT2D eigenvalue weighted by Gasteiger charge is -2.37. The van der Waals surface area contributed by atoms with Gasteiger partial charge in [0, 0.05) is 36.3 Å². The van der Waals surface area contributed by atoms with Crippen LogP contribution in [0.5, 0.6) is 0 Å². The number of aryl methyl sites for hydroxylation is 2. The second kappa shape index (κ2) is 5.41. The summed E-state index contributed by atoms with van der Waals surface area (Å²) in [6.07, 6.45) is 4.20. The molecule has 1 N–H and O–H groups in total. The number of amides is 1. The lowest BCUT2D eigenvalue weighted by atomic mass is 9.90. The molecule has 2 aromatic rings. The van der Waals surface area contributed by atoms with Crippen LogP contribution in [0.4, 0.5) is 5.69 Å². The van der Waals surface area contributed by atoms with E-state index in [-0.39, 0.29) is 11.5 Å². The highest BCUT2D eigenvalue weighted by Crippen LogP contribution is 2.39. The highest BCUT2D eigenvalue weighted by atomic mass is 16.4. The maximum atomic E-state index is 12.2. The molecule has 3 heterocycles. The van der Waals surface area contributed by atoms with Crippen molar-refractivity contribution in [3.05, 3.63) is 39.2 Å². The molecule has 2 aliphatic heterocycles. The molecular formula is C18H20N2O3. The van der Waals surface area contributed by atoms with E-state index in [1.807, 2.05) is 6.92 Å². The largest absolute Gasteiger partial charge is 0.422 e. The van der Waals surface area contributed by atoms with Gasteiger partial charge in [-0.05, 0) is 50.3 Å². The van der Waals surface area contributed by atoms with Gasteiger partial charge in [-0.3, -0.25) is 4.79 Å². The summed E-state index contributed by atoms with van der Waals surface area (Å²) in [5.41, 5.74) is 3.93. The molecule has 0 bridgehead atoms. The number of hydrogen-bond donors (Lipinski definition) is 1. The monoisotopic (exact) mass is 312 g/mol. The van der Waals surface area contributed by atoms with Crippen molar-refractivity contribution in [1.82, 2.24) is 5.32 Å². The van der Waals surface area contributed by atoms with Crippen LogP contribution in [0.2, 0.25) is 0 Å². The smallest absolute Gasteiger partial charge is 0.349 e. The summed E-state index contributed by atoms with van der Waals surface area (Å²) in [6.45, 7) is 4.47. The summed E-state index contributed by atoms with van der Waals surface area (Å²) < 4.78 is 5.59. The molecule has 1 aromatic carbocycles. The molecule has 0 spiro atoms. The zero-order chi connectivity index (χ0) is 16.0. The minimum Gasteiger partial charge on any atom is -0.422 e. The van der Waals surface area contributed by atoms with Crippen molar-refractivity contribution in [3.8, 4) is 0 Å². The summed E-state index contributed by atoms with van der Waals surface area (Å²) in [5.74, 6) is -0.365. The van der Waals surface area contributed by atoms with Crippen LogP contribution in [0.1, 0.15) is 41.3 Å². The molecule has 0 unspecified atom stereocenters. The number of rotatable bonds is 2. The molecule has 2 aliphatic rings. The van der Waals surface area contributed by atoms with Gasteiger partial charge in [0.2, 0.25) is 0 Å². The van der Waals surface area contributed by atoms with Gasteiger partial charge in [0.05, 0.1) is 0 Å². The Labute approximate surface area is 134 Å². The number of nitrogens with one attached hydrogen (secondary N) is 1. The predicted octanol–water partition coefficient (Wildman–Crippen LogP) is 2.24. The fourth-order valence-corrected chi connectivity index (χ4v) is 3.86. The third-order valence-electron chi connectivity index (χ3n) is 4.80. The van der Waals surface area contributed by atoms with Crippen LogP contribution < -0.4 is 15.8 Å². The Morgan fingerprint density at radius 2 is 2.04 bits per heavy atom. The number of benzene rings is 1. The maximum Gasteiger partial charge on any atom is 0.349 e. The van der Waals surface area contributed by atoms with Gasteiger partial charge in [-0.2, -0.15) is 0 Å². The Hall–Kier alpha value is -2.30. The average Bonchev–Trinajstić information content (AvgIpc) is 2.56. The topological polar surface area (TPSA) is 62.6 Å². The SMILES string of the molecule is CCNC(=O)c1cc2cc3c4c(c2oc1=O)CCCN4CCC3. The molecule has 0 radical (unpaired) electrons. The molecule has 0 atom stereocenters. The van der Waals surface area contributed by atoms with E-state index < -0.39 is 5.63 Å². The van der Waals surface area contributed by atoms with Crippen molar-refractivity contribution in [2.24, 2.45) is 0 Å². The summed E-state index contributed by atoms with van der Waals surface area (Å²) in [7, 11) is 0. The van der Waals surface area contributed by atoms with Crippen LogP contribution in [-0.4, -0.2) is 25.5 Å². The van der Waals surface area contributed by atoms with Gasteiger partial charge >= 0.3 is 5.63 Å². The van der Waals surface area contributed by atoms with Gasteiger partial charge < -0.3 is 14.6 Å². The van der Waals surface area contributed by atoms with Crippen molar-refractivity contribution in [3.63, 3.8) is 0 Å². The zero-order valence-electron chi connectivity index (χ0n) is 13.3. The first kappa shape index (κ1) is 14.3. The normalized spacial score (nSPS) is 16.3. The molecule has 0 saturated heterocycles. The molecule has 0 saturated carbocycles. The van der Waals surface area contributed by atoms with Crippen molar-refractivity contribution < 1.29 is 9.21 Å². The van der Waals surface area contributed by atoms with E-state index in [4.69, 9.17) is 4.42 Å². The molecule has 0 fully saturated rings. The fraction of sp³-hybridized carbons (Fsp3) is 0.444. The molecule has 5 heteroatoms. The number of carbonyl (C=O) groups is 1. The van der Waals surface area contributed by atoms with E-state index >= 15 is 0 Å². The van der Waals surface area contributed by atoms with Crippen LogP contribution >= 0.6 is 0 Å². The molecule has 120 valence electrons. The van der Waals surface area contributed by atoms with E-state index in [1.165, 1.54) is 11.3 Å². The van der Waals surface area contributed by atoms with Gasteiger partial charge in [-0.15, -0.1) is 0 Å². The summed E-state index contributed by atoms with van der Waals surface area (Å²) in [6, 6.07) is 3.79. The lowest BCUT2D eigenvalue weighted by molar-refractivity contribution is 0.0952. The van der Waals surface area contributed by atoms with Gasteiger partial charge in [0.15, 0.2) is 0 Å². The first-order chi connectivity index (χ1) is 11.2. The Morgan fingerprint density at radius 3 is 2.83 bits per heavy atom. The number of hydrogen-bond acceptors (Lipinski definition) is 4. The molecule has 0 aliphatic carbocycles. The quantitative estimate of drug-likeness (QED) is 0.864. The van der Waals surface area contributed by atoms with Crippen molar-refractivity contribution in [2.45, 2.75) is 32.6 Å². The van der Waals surface area contributed by atoms with Crippen LogP contribution in [0, 0.1) is 0 Å². The maximum absolute atomic E-state index is 12.2. The summed E-state index contributed by atoms with van der Waals surface area (Å²) >= 11 is 0. The molecule has 4 rings (SSSR count). The second-order valence-electron chi connectivity index (χ2n) is 6.28. The minimum atomic E-state index is -0.549. The van der Waals surface area contributed by atoms with Crippen molar-refractivity contribution in [1.29, 1.82) is 0 Å². The standard InChI is InChI=1S/C18H20N2O3/c1-2-19-17(21)14-10-12-9-11-5-3-7-20-8-4-6-13(15(11)20)16(12)23-18(14)22/h9-10H,2-8H2,1H3,(H,19,21). The number of carbonyl (C=O) groups excluding carboxylic acids is 1. The predicted molar refractivity (Wildman–Crippen MR) is 89.3 cm³/mol. The van der Waals surface area contributed by atoms with Gasteiger partial charge in [0.1, 0.15) is 11.1 Å². The highest BCUT2D eigenvalue weighted by Gasteiger charge is 2.27. The average molecular weight is 312 g/mol. The first-order valence-electron chi connectivity index (χ1n) is 8.35. The van der Waals surface area contributed by atoms with Crippen LogP contribution in [-0.2, 0) is 12.8 Å². The highest BCUT2D eigenvalue weighted by molar-refractivity contribution is 5.98. The van der Waals surface area contributed by atoms with E-state index in [0.717, 1.165) is 49.7 Å². The van der Waals surface area contributed by atoms with E-state index in [9.17, 15) is 9.59 Å². The fourth-order valence-electron chi connectivity index (χ4n) is 3.86. The number of anilines is 1. The van der Waals surface area contributed by atoms with Crippen LogP contribution in [0.15, 0.2) is 21.3 Å². The van der Waals surface area contributed by atoms with E-state index in [2.05, 4.69) is 16.3 Å². The molecule has 1 aromatic heterocycles. The second-order valence-corrected chi connectivity index (χ2v) is 6.28. The van der Waals surface area contributed by atoms with Crippen molar-refractivity contribution in [2.75, 3.05) is 24.5 Å². The molecule has 5 nitrogen and oxygen atoms in total. The number of nitrogens with zero attached hydrogens (tertiary/aromatic N) is 1. The van der Waals surface area contributed by atoms with Gasteiger partial charge in [-0.1, -0.05) is 0 Å². The Bertz CT molecular complexity index is 851. The summed E-state index contributed by atoms with van der Waals surface area (Å²) in [4.78, 5) is 26.7. The molecule has 23 heavy (non-hydrogen) atoms. The minimum absolute atomic E-state index is 0.0926. The number of fused-ring (bicyclic) bond motifs is 2. The Kier molecular flexibility index (Phi) is 3.36. The van der Waals surface area contributed by atoms with Crippen LogP contribution in [0.25, 0.3) is 11.0 Å². The van der Waals surface area contributed by atoms with E-state index in [0.29, 0.717) is 12.1 Å². The zero-order valence-corrected chi connectivity index (χ0v) is 13.3. The Balaban J connectivity index is 1.96. The molecule has 1 amide bonds. The third-order valence-corrected chi connectivity index (χ3v) is 4.80. The first-order valence-corrected chi connectivity index (χ1v) is 8.35. The van der Waals surface area contributed by atoms with Gasteiger partial charge in [0.25, 0.3) is 5.91 Å². The third kappa shape index (κ3) is 2.22. The summed E-state index contributed by atoms with van der Waals surface area (Å²) in [5, 5.41) is 3.53.